The van der Waals surface area contributed by atoms with E-state index >= 15 is 0 Å². The summed E-state index contributed by atoms with van der Waals surface area (Å²) in [5, 5.41) is 5.59. The lowest BCUT2D eigenvalue weighted by molar-refractivity contribution is -0.135. The van der Waals surface area contributed by atoms with Crippen molar-refractivity contribution in [3.63, 3.8) is 0 Å². The molecule has 0 heterocycles. The van der Waals surface area contributed by atoms with Crippen LogP contribution in [0.3, 0.4) is 0 Å². The summed E-state index contributed by atoms with van der Waals surface area (Å²) in [6.07, 6.45) is 0. The van der Waals surface area contributed by atoms with Gasteiger partial charge in [-0.1, -0.05) is 6.07 Å². The summed E-state index contributed by atoms with van der Waals surface area (Å²) in [6.45, 7) is 7.06. The highest BCUT2D eigenvalue weighted by Crippen LogP contribution is 2.31. The quantitative estimate of drug-likeness (QED) is 0.756. The van der Waals surface area contributed by atoms with Crippen LogP contribution in [0.15, 0.2) is 36.4 Å². The lowest BCUT2D eigenvalue weighted by Gasteiger charge is -2.23. The second-order valence-electron chi connectivity index (χ2n) is 6.98. The van der Waals surface area contributed by atoms with Crippen LogP contribution < -0.4 is 20.1 Å². The number of carbonyl (C=O) groups is 2. The van der Waals surface area contributed by atoms with E-state index in [1.165, 1.54) is 14.2 Å². The molecule has 2 aromatic rings. The van der Waals surface area contributed by atoms with Gasteiger partial charge in [0, 0.05) is 11.8 Å². The van der Waals surface area contributed by atoms with Crippen molar-refractivity contribution in [2.75, 3.05) is 24.9 Å². The van der Waals surface area contributed by atoms with Gasteiger partial charge in [0.2, 0.25) is 11.8 Å². The molecule has 2 amide bonds. The van der Waals surface area contributed by atoms with E-state index in [0.717, 1.165) is 11.1 Å². The molecule has 0 aliphatic carbocycles. The van der Waals surface area contributed by atoms with Crippen molar-refractivity contribution in [2.24, 2.45) is 5.41 Å². The molecule has 0 saturated heterocycles. The number of aryl methyl sites for hydroxylation is 2. The molecule has 144 valence electrons. The third kappa shape index (κ3) is 4.78. The van der Waals surface area contributed by atoms with Gasteiger partial charge in [-0.3, -0.25) is 9.59 Å². The van der Waals surface area contributed by atoms with Gasteiger partial charge in [0.1, 0.15) is 16.9 Å². The molecule has 6 heteroatoms. The Hall–Kier alpha value is -3.02. The van der Waals surface area contributed by atoms with Gasteiger partial charge >= 0.3 is 0 Å². The molecular weight excluding hydrogens is 344 g/mol. The standard InChI is InChI=1S/C21H26N2O4/c1-13-9-14(2)11-15(10-13)22-19(24)21(3,4)20(25)23-17-12-16(26-5)7-8-18(17)27-6/h7-12H,1-6H3,(H,22,24)(H,23,25). The first kappa shape index (κ1) is 20.3. The van der Waals surface area contributed by atoms with E-state index < -0.39 is 17.2 Å². The van der Waals surface area contributed by atoms with E-state index in [9.17, 15) is 9.59 Å². The fourth-order valence-electron chi connectivity index (χ4n) is 2.63. The number of rotatable bonds is 6. The topological polar surface area (TPSA) is 76.7 Å². The van der Waals surface area contributed by atoms with Crippen molar-refractivity contribution in [3.8, 4) is 11.5 Å². The minimum atomic E-state index is -1.30. The Morgan fingerprint density at radius 1 is 0.852 bits per heavy atom. The Balaban J connectivity index is 2.20. The van der Waals surface area contributed by atoms with Crippen LogP contribution >= 0.6 is 0 Å². The zero-order valence-electron chi connectivity index (χ0n) is 16.6. The smallest absolute Gasteiger partial charge is 0.239 e. The first-order valence-electron chi connectivity index (χ1n) is 8.60. The van der Waals surface area contributed by atoms with E-state index in [-0.39, 0.29) is 0 Å². The molecule has 0 aromatic heterocycles. The highest BCUT2D eigenvalue weighted by molar-refractivity contribution is 6.14. The molecule has 0 bridgehead atoms. The SMILES string of the molecule is COc1ccc(OC)c(NC(=O)C(C)(C)C(=O)Nc2cc(C)cc(C)c2)c1. The van der Waals surface area contributed by atoms with Crippen LogP contribution in [0, 0.1) is 19.3 Å². The largest absolute Gasteiger partial charge is 0.497 e. The van der Waals surface area contributed by atoms with Crippen molar-refractivity contribution in [2.45, 2.75) is 27.7 Å². The fourth-order valence-corrected chi connectivity index (χ4v) is 2.63. The number of nitrogens with one attached hydrogen (secondary N) is 2. The highest BCUT2D eigenvalue weighted by atomic mass is 16.5. The van der Waals surface area contributed by atoms with Gasteiger partial charge < -0.3 is 20.1 Å². The predicted molar refractivity (Wildman–Crippen MR) is 107 cm³/mol. The molecule has 0 spiro atoms. The minimum Gasteiger partial charge on any atom is -0.497 e. The third-order valence-electron chi connectivity index (χ3n) is 4.27. The van der Waals surface area contributed by atoms with Crippen molar-refractivity contribution >= 4 is 23.2 Å². The second kappa shape index (κ2) is 8.12. The van der Waals surface area contributed by atoms with Crippen LogP contribution in [0.5, 0.6) is 11.5 Å². The Bertz CT molecular complexity index is 839. The molecular formula is C21H26N2O4. The molecule has 0 atom stereocenters. The van der Waals surface area contributed by atoms with Gasteiger partial charge in [-0.15, -0.1) is 0 Å². The summed E-state index contributed by atoms with van der Waals surface area (Å²) in [5.74, 6) is 0.209. The number of methoxy groups -OCH3 is 2. The number of ether oxygens (including phenoxy) is 2. The monoisotopic (exact) mass is 370 g/mol. The fraction of sp³-hybridized carbons (Fsp3) is 0.333. The lowest BCUT2D eigenvalue weighted by Crippen LogP contribution is -2.41. The third-order valence-corrected chi connectivity index (χ3v) is 4.27. The molecule has 0 radical (unpaired) electrons. The van der Waals surface area contributed by atoms with Crippen LogP contribution in [0.25, 0.3) is 0 Å². The molecule has 27 heavy (non-hydrogen) atoms. The number of benzene rings is 2. The summed E-state index contributed by atoms with van der Waals surface area (Å²) in [6, 6.07) is 10.8. The Kier molecular flexibility index (Phi) is 6.10. The van der Waals surface area contributed by atoms with E-state index in [4.69, 9.17) is 9.47 Å². The first-order chi connectivity index (χ1) is 12.7. The van der Waals surface area contributed by atoms with Crippen LogP contribution in [-0.4, -0.2) is 26.0 Å². The minimum absolute atomic E-state index is 0.396. The molecule has 0 saturated carbocycles. The molecule has 2 aromatic carbocycles. The number of amides is 2. The maximum atomic E-state index is 12.8. The lowest BCUT2D eigenvalue weighted by atomic mass is 9.90. The van der Waals surface area contributed by atoms with Crippen LogP contribution in [0.4, 0.5) is 11.4 Å². The molecule has 0 aliphatic heterocycles. The average Bonchev–Trinajstić information content (AvgIpc) is 2.60. The number of carbonyl (C=O) groups excluding carboxylic acids is 2. The molecule has 6 nitrogen and oxygen atoms in total. The number of anilines is 2. The number of hydrogen-bond acceptors (Lipinski definition) is 4. The summed E-state index contributed by atoms with van der Waals surface area (Å²) in [5.41, 5.74) is 1.87. The normalized spacial score (nSPS) is 10.9. The first-order valence-corrected chi connectivity index (χ1v) is 8.60. The summed E-state index contributed by atoms with van der Waals surface area (Å²) < 4.78 is 10.5. The van der Waals surface area contributed by atoms with Crippen molar-refractivity contribution < 1.29 is 19.1 Å². The van der Waals surface area contributed by atoms with Gasteiger partial charge in [-0.05, 0) is 63.1 Å². The van der Waals surface area contributed by atoms with Gasteiger partial charge in [-0.25, -0.2) is 0 Å². The molecule has 0 fully saturated rings. The van der Waals surface area contributed by atoms with Crippen molar-refractivity contribution in [1.82, 2.24) is 0 Å². The Morgan fingerprint density at radius 2 is 1.44 bits per heavy atom. The van der Waals surface area contributed by atoms with E-state index in [0.29, 0.717) is 22.9 Å². The Labute approximate surface area is 159 Å². The van der Waals surface area contributed by atoms with E-state index in [1.54, 1.807) is 32.0 Å². The average molecular weight is 370 g/mol. The van der Waals surface area contributed by atoms with Gasteiger partial charge in [-0.2, -0.15) is 0 Å². The maximum Gasteiger partial charge on any atom is 0.239 e. The van der Waals surface area contributed by atoms with Crippen LogP contribution in [0.2, 0.25) is 0 Å². The number of hydrogen-bond donors (Lipinski definition) is 2. The van der Waals surface area contributed by atoms with Crippen molar-refractivity contribution in [1.29, 1.82) is 0 Å². The van der Waals surface area contributed by atoms with E-state index in [1.807, 2.05) is 32.0 Å². The van der Waals surface area contributed by atoms with Gasteiger partial charge in [0.05, 0.1) is 19.9 Å². The summed E-state index contributed by atoms with van der Waals surface area (Å²) >= 11 is 0. The predicted octanol–water partition coefficient (Wildman–Crippen LogP) is 3.92. The summed E-state index contributed by atoms with van der Waals surface area (Å²) in [4.78, 5) is 25.5. The molecule has 0 unspecified atom stereocenters. The van der Waals surface area contributed by atoms with Gasteiger partial charge in [0.15, 0.2) is 0 Å². The molecule has 2 N–H and O–H groups in total. The summed E-state index contributed by atoms with van der Waals surface area (Å²) in [7, 11) is 3.05. The van der Waals surface area contributed by atoms with Gasteiger partial charge in [0.25, 0.3) is 0 Å². The molecule has 2 rings (SSSR count). The van der Waals surface area contributed by atoms with Crippen LogP contribution in [-0.2, 0) is 9.59 Å². The van der Waals surface area contributed by atoms with Crippen LogP contribution in [0.1, 0.15) is 25.0 Å². The van der Waals surface area contributed by atoms with E-state index in [2.05, 4.69) is 10.6 Å². The zero-order chi connectivity index (χ0) is 20.2. The molecule has 0 aliphatic rings. The second-order valence-corrected chi connectivity index (χ2v) is 6.98. The zero-order valence-corrected chi connectivity index (χ0v) is 16.6. The Morgan fingerprint density at radius 3 is 2.00 bits per heavy atom. The van der Waals surface area contributed by atoms with Crippen molar-refractivity contribution in [3.05, 3.63) is 47.5 Å². The highest BCUT2D eigenvalue weighted by Gasteiger charge is 2.36. The maximum absolute atomic E-state index is 12.8.